The van der Waals surface area contributed by atoms with Crippen LogP contribution in [-0.2, 0) is 13.0 Å². The Morgan fingerprint density at radius 3 is 2.50 bits per heavy atom. The quantitative estimate of drug-likeness (QED) is 0.834. The van der Waals surface area contributed by atoms with Crippen LogP contribution in [0.3, 0.4) is 0 Å². The lowest BCUT2D eigenvalue weighted by atomic mass is 10.0. The Morgan fingerprint density at radius 2 is 1.90 bits per heavy atom. The fourth-order valence-corrected chi connectivity index (χ4v) is 2.59. The maximum absolute atomic E-state index is 4.44. The van der Waals surface area contributed by atoms with Gasteiger partial charge in [-0.3, -0.25) is 0 Å². The van der Waals surface area contributed by atoms with Crippen LogP contribution in [-0.4, -0.2) is 16.1 Å². The van der Waals surface area contributed by atoms with Crippen LogP contribution in [0.2, 0.25) is 0 Å². The molecule has 20 heavy (non-hydrogen) atoms. The van der Waals surface area contributed by atoms with E-state index in [1.54, 1.807) is 0 Å². The lowest BCUT2D eigenvalue weighted by molar-refractivity contribution is 0.537. The van der Waals surface area contributed by atoms with Crippen molar-refractivity contribution in [2.75, 3.05) is 6.54 Å². The van der Waals surface area contributed by atoms with E-state index < -0.39 is 0 Å². The second-order valence-electron chi connectivity index (χ2n) is 5.07. The van der Waals surface area contributed by atoms with E-state index in [4.69, 9.17) is 0 Å². The molecule has 0 bridgehead atoms. The number of rotatable bonds is 7. The number of benzene rings is 1. The zero-order valence-electron chi connectivity index (χ0n) is 12.8. The summed E-state index contributed by atoms with van der Waals surface area (Å²) in [6, 6.07) is 9.40. The molecule has 0 radical (unpaired) electrons. The van der Waals surface area contributed by atoms with Crippen molar-refractivity contribution in [3.8, 4) is 0 Å². The molecule has 3 heteroatoms. The minimum atomic E-state index is 0.465. The Labute approximate surface area is 122 Å². The van der Waals surface area contributed by atoms with Crippen LogP contribution in [0, 0.1) is 0 Å². The summed E-state index contributed by atoms with van der Waals surface area (Å²) in [6.07, 6.45) is 5.94. The lowest BCUT2D eigenvalue weighted by Crippen LogP contribution is -2.19. The predicted octanol–water partition coefficient (Wildman–Crippen LogP) is 3.55. The molecule has 0 aliphatic rings. The van der Waals surface area contributed by atoms with Gasteiger partial charge in [-0.15, -0.1) is 0 Å². The molecule has 3 nitrogen and oxygen atoms in total. The van der Waals surface area contributed by atoms with E-state index >= 15 is 0 Å². The number of imidazole rings is 1. The summed E-state index contributed by atoms with van der Waals surface area (Å²) in [6.45, 7) is 8.51. The van der Waals surface area contributed by atoms with Crippen molar-refractivity contribution in [1.82, 2.24) is 14.9 Å². The van der Waals surface area contributed by atoms with Gasteiger partial charge >= 0.3 is 0 Å². The summed E-state index contributed by atoms with van der Waals surface area (Å²) in [4.78, 5) is 4.44. The first kappa shape index (κ1) is 14.8. The normalized spacial score (nSPS) is 12.6. The molecular formula is C17H25N3. The molecule has 1 N–H and O–H groups in total. The molecule has 1 atom stereocenters. The van der Waals surface area contributed by atoms with Gasteiger partial charge in [0.2, 0.25) is 0 Å². The third kappa shape index (κ3) is 3.48. The molecule has 0 aliphatic carbocycles. The van der Waals surface area contributed by atoms with Gasteiger partial charge in [-0.2, -0.15) is 0 Å². The number of hydrogen-bond donors (Lipinski definition) is 1. The standard InChI is InChI=1S/C17H25N3/c1-4-16(18-5-2)15-9-7-14(8-10-15)13-17-19-11-12-20(17)6-3/h7-12,16,18H,4-6,13H2,1-3H3. The Kier molecular flexibility index (Phi) is 5.36. The van der Waals surface area contributed by atoms with Crippen molar-refractivity contribution in [3.63, 3.8) is 0 Å². The van der Waals surface area contributed by atoms with Gasteiger partial charge in [-0.1, -0.05) is 38.1 Å². The fourth-order valence-electron chi connectivity index (χ4n) is 2.59. The van der Waals surface area contributed by atoms with Gasteiger partial charge in [0.1, 0.15) is 5.82 Å². The molecule has 0 saturated heterocycles. The highest BCUT2D eigenvalue weighted by atomic mass is 15.0. The number of nitrogens with one attached hydrogen (secondary N) is 1. The summed E-state index contributed by atoms with van der Waals surface area (Å²) in [5.41, 5.74) is 2.69. The average molecular weight is 271 g/mol. The van der Waals surface area contributed by atoms with Gasteiger partial charge in [0.25, 0.3) is 0 Å². The fraction of sp³-hybridized carbons (Fsp3) is 0.471. The molecule has 2 rings (SSSR count). The number of aryl methyl sites for hydroxylation is 1. The van der Waals surface area contributed by atoms with E-state index in [1.807, 2.05) is 12.4 Å². The molecule has 108 valence electrons. The third-order valence-corrected chi connectivity index (χ3v) is 3.75. The minimum absolute atomic E-state index is 0.465. The molecule has 1 aromatic carbocycles. The van der Waals surface area contributed by atoms with Gasteiger partial charge < -0.3 is 9.88 Å². The van der Waals surface area contributed by atoms with Crippen LogP contribution in [0.15, 0.2) is 36.7 Å². The topological polar surface area (TPSA) is 29.9 Å². The van der Waals surface area contributed by atoms with E-state index in [-0.39, 0.29) is 0 Å². The minimum Gasteiger partial charge on any atom is -0.335 e. The SMILES string of the molecule is CCNC(CC)c1ccc(Cc2nccn2CC)cc1. The van der Waals surface area contributed by atoms with Crippen molar-refractivity contribution in [3.05, 3.63) is 53.6 Å². The molecule has 0 aliphatic heterocycles. The van der Waals surface area contributed by atoms with E-state index in [0.29, 0.717) is 6.04 Å². The van der Waals surface area contributed by atoms with Gasteiger partial charge in [0.05, 0.1) is 0 Å². The van der Waals surface area contributed by atoms with Crippen molar-refractivity contribution in [2.24, 2.45) is 0 Å². The van der Waals surface area contributed by atoms with Crippen LogP contribution in [0.4, 0.5) is 0 Å². The van der Waals surface area contributed by atoms with E-state index in [1.165, 1.54) is 11.1 Å². The molecule has 1 heterocycles. The second-order valence-corrected chi connectivity index (χ2v) is 5.07. The summed E-state index contributed by atoms with van der Waals surface area (Å²) in [5, 5.41) is 3.52. The van der Waals surface area contributed by atoms with Gasteiger partial charge in [-0.05, 0) is 31.0 Å². The number of nitrogens with zero attached hydrogens (tertiary/aromatic N) is 2. The first-order valence-corrected chi connectivity index (χ1v) is 7.60. The van der Waals surface area contributed by atoms with Crippen LogP contribution >= 0.6 is 0 Å². The van der Waals surface area contributed by atoms with E-state index in [2.05, 4.69) is 59.9 Å². The number of aromatic nitrogens is 2. The van der Waals surface area contributed by atoms with Crippen molar-refractivity contribution < 1.29 is 0 Å². The van der Waals surface area contributed by atoms with Crippen molar-refractivity contribution in [2.45, 2.75) is 46.2 Å². The monoisotopic (exact) mass is 271 g/mol. The molecule has 0 spiro atoms. The summed E-state index contributed by atoms with van der Waals surface area (Å²) in [7, 11) is 0. The van der Waals surface area contributed by atoms with E-state index in [9.17, 15) is 0 Å². The van der Waals surface area contributed by atoms with Gasteiger partial charge in [0, 0.05) is 31.4 Å². The van der Waals surface area contributed by atoms with Crippen molar-refractivity contribution in [1.29, 1.82) is 0 Å². The largest absolute Gasteiger partial charge is 0.335 e. The van der Waals surface area contributed by atoms with Crippen LogP contribution < -0.4 is 5.32 Å². The zero-order chi connectivity index (χ0) is 14.4. The third-order valence-electron chi connectivity index (χ3n) is 3.75. The smallest absolute Gasteiger partial charge is 0.113 e. The molecule has 0 saturated carbocycles. The maximum atomic E-state index is 4.44. The Morgan fingerprint density at radius 1 is 1.15 bits per heavy atom. The van der Waals surface area contributed by atoms with Crippen LogP contribution in [0.25, 0.3) is 0 Å². The molecule has 0 fully saturated rings. The first-order valence-electron chi connectivity index (χ1n) is 7.60. The highest BCUT2D eigenvalue weighted by Gasteiger charge is 2.08. The highest BCUT2D eigenvalue weighted by molar-refractivity contribution is 5.27. The molecular weight excluding hydrogens is 246 g/mol. The molecule has 1 unspecified atom stereocenters. The van der Waals surface area contributed by atoms with E-state index in [0.717, 1.165) is 31.8 Å². The Bertz CT molecular complexity index is 513. The lowest BCUT2D eigenvalue weighted by Gasteiger charge is -2.16. The number of hydrogen-bond acceptors (Lipinski definition) is 2. The molecule has 1 aromatic heterocycles. The zero-order valence-corrected chi connectivity index (χ0v) is 12.8. The Balaban J connectivity index is 2.08. The summed E-state index contributed by atoms with van der Waals surface area (Å²) < 4.78 is 2.20. The second kappa shape index (κ2) is 7.25. The predicted molar refractivity (Wildman–Crippen MR) is 83.9 cm³/mol. The van der Waals surface area contributed by atoms with Gasteiger partial charge in [-0.25, -0.2) is 4.98 Å². The van der Waals surface area contributed by atoms with Gasteiger partial charge in [0.15, 0.2) is 0 Å². The Hall–Kier alpha value is -1.61. The summed E-state index contributed by atoms with van der Waals surface area (Å²) >= 11 is 0. The molecule has 0 amide bonds. The van der Waals surface area contributed by atoms with Crippen LogP contribution in [0.5, 0.6) is 0 Å². The average Bonchev–Trinajstić information content (AvgIpc) is 2.93. The maximum Gasteiger partial charge on any atom is 0.113 e. The van der Waals surface area contributed by atoms with Crippen molar-refractivity contribution >= 4 is 0 Å². The molecule has 2 aromatic rings. The first-order chi connectivity index (χ1) is 9.78. The summed E-state index contributed by atoms with van der Waals surface area (Å²) in [5.74, 6) is 1.14. The van der Waals surface area contributed by atoms with Crippen LogP contribution in [0.1, 0.15) is 50.2 Å². The highest BCUT2D eigenvalue weighted by Crippen LogP contribution is 2.18.